The third-order valence-electron chi connectivity index (χ3n) is 3.82. The molecule has 0 saturated carbocycles. The van der Waals surface area contributed by atoms with E-state index in [2.05, 4.69) is 11.9 Å². The van der Waals surface area contributed by atoms with Crippen LogP contribution in [-0.4, -0.2) is 12.5 Å². The number of benzene rings is 2. The Morgan fingerprint density at radius 1 is 1.25 bits per heavy atom. The highest BCUT2D eigenvalue weighted by molar-refractivity contribution is 6.30. The van der Waals surface area contributed by atoms with Gasteiger partial charge in [0.2, 0.25) is 0 Å². The maximum atomic E-state index is 13.3. The molecular formula is C21H22ClF3N2O. The third-order valence-corrected chi connectivity index (χ3v) is 4.04. The SMILES string of the molecule is C=C(N)/C=C(\Nc1ccc(F)cc1)c1cc(Cl)cc(COCC(F)(F)CC)c1. The van der Waals surface area contributed by atoms with Gasteiger partial charge in [-0.3, -0.25) is 0 Å². The van der Waals surface area contributed by atoms with Crippen molar-refractivity contribution < 1.29 is 17.9 Å². The van der Waals surface area contributed by atoms with Gasteiger partial charge in [0.05, 0.1) is 6.61 Å². The molecule has 3 nitrogen and oxygen atoms in total. The normalized spacial score (nSPS) is 12.1. The average Bonchev–Trinajstić information content (AvgIpc) is 2.62. The van der Waals surface area contributed by atoms with E-state index >= 15 is 0 Å². The maximum Gasteiger partial charge on any atom is 0.270 e. The largest absolute Gasteiger partial charge is 0.399 e. The van der Waals surface area contributed by atoms with E-state index in [4.69, 9.17) is 22.1 Å². The summed E-state index contributed by atoms with van der Waals surface area (Å²) in [7, 11) is 0. The van der Waals surface area contributed by atoms with Crippen molar-refractivity contribution in [3.05, 3.63) is 82.8 Å². The van der Waals surface area contributed by atoms with Gasteiger partial charge in [0.15, 0.2) is 0 Å². The van der Waals surface area contributed by atoms with Crippen LogP contribution in [0.1, 0.15) is 24.5 Å². The smallest absolute Gasteiger partial charge is 0.270 e. The standard InChI is InChI=1S/C21H22ClF3N2O/c1-3-21(24,25)13-28-12-15-9-16(11-17(22)10-15)20(8-14(2)26)27-19-6-4-18(23)5-7-19/h4-11,27H,2-3,12-13,26H2,1H3/b20-8-. The average molecular weight is 411 g/mol. The van der Waals surface area contributed by atoms with Gasteiger partial charge < -0.3 is 15.8 Å². The summed E-state index contributed by atoms with van der Waals surface area (Å²) in [5.41, 5.74) is 8.50. The van der Waals surface area contributed by atoms with Gasteiger partial charge in [0.1, 0.15) is 12.4 Å². The number of alkyl halides is 2. The zero-order valence-electron chi connectivity index (χ0n) is 15.4. The molecule has 0 radical (unpaired) electrons. The third kappa shape index (κ3) is 6.94. The van der Waals surface area contributed by atoms with E-state index in [1.165, 1.54) is 19.1 Å². The molecule has 0 aromatic heterocycles. The van der Waals surface area contributed by atoms with Crippen LogP contribution in [0, 0.1) is 5.82 Å². The van der Waals surface area contributed by atoms with Crippen LogP contribution in [0.15, 0.2) is 60.8 Å². The zero-order valence-corrected chi connectivity index (χ0v) is 16.2. The van der Waals surface area contributed by atoms with Crippen LogP contribution < -0.4 is 11.1 Å². The van der Waals surface area contributed by atoms with Crippen molar-refractivity contribution in [3.63, 3.8) is 0 Å². The molecule has 0 spiro atoms. The maximum absolute atomic E-state index is 13.3. The van der Waals surface area contributed by atoms with Crippen molar-refractivity contribution in [3.8, 4) is 0 Å². The highest BCUT2D eigenvalue weighted by Gasteiger charge is 2.26. The van der Waals surface area contributed by atoms with Crippen LogP contribution >= 0.6 is 11.6 Å². The number of nitrogens with one attached hydrogen (secondary N) is 1. The van der Waals surface area contributed by atoms with E-state index in [0.29, 0.717) is 33.2 Å². The molecule has 0 atom stereocenters. The van der Waals surface area contributed by atoms with E-state index in [-0.39, 0.29) is 18.8 Å². The number of ether oxygens (including phenoxy) is 1. The summed E-state index contributed by atoms with van der Waals surface area (Å²) < 4.78 is 44.9. The Bertz CT molecular complexity index is 851. The molecule has 150 valence electrons. The summed E-state index contributed by atoms with van der Waals surface area (Å²) in [6.07, 6.45) is 1.31. The second kappa shape index (κ2) is 9.66. The lowest BCUT2D eigenvalue weighted by molar-refractivity contribution is -0.0834. The van der Waals surface area contributed by atoms with E-state index in [0.717, 1.165) is 0 Å². The summed E-state index contributed by atoms with van der Waals surface area (Å²) in [6, 6.07) is 10.9. The van der Waals surface area contributed by atoms with E-state index < -0.39 is 12.5 Å². The van der Waals surface area contributed by atoms with Gasteiger partial charge >= 0.3 is 0 Å². The van der Waals surface area contributed by atoms with Crippen LogP contribution in [-0.2, 0) is 11.3 Å². The lowest BCUT2D eigenvalue weighted by atomic mass is 10.1. The second-order valence-corrected chi connectivity index (χ2v) is 6.75. The van der Waals surface area contributed by atoms with Crippen LogP contribution in [0.2, 0.25) is 5.02 Å². The number of hydrogen-bond acceptors (Lipinski definition) is 3. The Hall–Kier alpha value is -2.44. The van der Waals surface area contributed by atoms with E-state index in [1.54, 1.807) is 36.4 Å². The van der Waals surface area contributed by atoms with E-state index in [1.807, 2.05) is 0 Å². The summed E-state index contributed by atoms with van der Waals surface area (Å²) in [5, 5.41) is 3.54. The summed E-state index contributed by atoms with van der Waals surface area (Å²) in [5.74, 6) is -3.22. The molecule has 0 bridgehead atoms. The number of rotatable bonds is 9. The Morgan fingerprint density at radius 3 is 2.54 bits per heavy atom. The first kappa shape index (κ1) is 21.9. The Balaban J connectivity index is 2.24. The van der Waals surface area contributed by atoms with Crippen molar-refractivity contribution in [2.75, 3.05) is 11.9 Å². The predicted octanol–water partition coefficient (Wildman–Crippen LogP) is 5.97. The fraction of sp³-hybridized carbons (Fsp3) is 0.238. The van der Waals surface area contributed by atoms with Gasteiger partial charge in [0, 0.05) is 28.5 Å². The molecule has 0 aliphatic carbocycles. The molecule has 0 heterocycles. The monoisotopic (exact) mass is 410 g/mol. The van der Waals surface area contributed by atoms with Gasteiger partial charge in [-0.2, -0.15) is 0 Å². The van der Waals surface area contributed by atoms with Crippen molar-refractivity contribution in [2.24, 2.45) is 5.73 Å². The molecule has 0 unspecified atom stereocenters. The summed E-state index contributed by atoms with van der Waals surface area (Å²) >= 11 is 6.19. The molecule has 0 amide bonds. The first-order chi connectivity index (χ1) is 13.2. The zero-order chi connectivity index (χ0) is 20.7. The van der Waals surface area contributed by atoms with Crippen molar-refractivity contribution >= 4 is 23.0 Å². The molecule has 28 heavy (non-hydrogen) atoms. The molecule has 0 fully saturated rings. The number of halogens is 4. The summed E-state index contributed by atoms with van der Waals surface area (Å²) in [4.78, 5) is 0. The number of anilines is 1. The van der Waals surface area contributed by atoms with Crippen LogP contribution in [0.3, 0.4) is 0 Å². The van der Waals surface area contributed by atoms with Gasteiger partial charge in [-0.15, -0.1) is 0 Å². The van der Waals surface area contributed by atoms with Crippen molar-refractivity contribution in [1.82, 2.24) is 0 Å². The molecular weight excluding hydrogens is 389 g/mol. The topological polar surface area (TPSA) is 47.3 Å². The molecule has 2 aromatic rings. The lowest BCUT2D eigenvalue weighted by Crippen LogP contribution is -2.22. The van der Waals surface area contributed by atoms with Gasteiger partial charge in [0.25, 0.3) is 5.92 Å². The first-order valence-electron chi connectivity index (χ1n) is 8.62. The molecule has 3 N–H and O–H groups in total. The Kier molecular flexibility index (Phi) is 7.54. The van der Waals surface area contributed by atoms with Gasteiger partial charge in [-0.25, -0.2) is 13.2 Å². The molecule has 2 rings (SSSR count). The van der Waals surface area contributed by atoms with Crippen LogP contribution in [0.5, 0.6) is 0 Å². The van der Waals surface area contributed by atoms with Crippen molar-refractivity contribution in [2.45, 2.75) is 25.9 Å². The summed E-state index contributed by atoms with van der Waals surface area (Å²) in [6.45, 7) is 4.39. The van der Waals surface area contributed by atoms with Crippen LogP contribution in [0.25, 0.3) is 5.70 Å². The Labute approximate surface area is 167 Å². The lowest BCUT2D eigenvalue weighted by Gasteiger charge is -2.16. The van der Waals surface area contributed by atoms with E-state index in [9.17, 15) is 13.2 Å². The predicted molar refractivity (Wildman–Crippen MR) is 108 cm³/mol. The highest BCUT2D eigenvalue weighted by Crippen LogP contribution is 2.25. The first-order valence-corrected chi connectivity index (χ1v) is 9.00. The minimum atomic E-state index is -2.87. The fourth-order valence-electron chi connectivity index (χ4n) is 2.38. The molecule has 2 aromatic carbocycles. The van der Waals surface area contributed by atoms with Gasteiger partial charge in [-0.1, -0.05) is 25.1 Å². The van der Waals surface area contributed by atoms with Crippen molar-refractivity contribution in [1.29, 1.82) is 0 Å². The minimum absolute atomic E-state index is 0.0173. The van der Waals surface area contributed by atoms with Gasteiger partial charge in [-0.05, 0) is 59.7 Å². The number of allylic oxidation sites excluding steroid dienone is 1. The fourth-order valence-corrected chi connectivity index (χ4v) is 2.63. The molecule has 7 heteroatoms. The highest BCUT2D eigenvalue weighted by atomic mass is 35.5. The quantitative estimate of drug-likeness (QED) is 0.501. The second-order valence-electron chi connectivity index (χ2n) is 6.32. The molecule has 0 aliphatic rings. The van der Waals surface area contributed by atoms with Crippen LogP contribution in [0.4, 0.5) is 18.9 Å². The Morgan fingerprint density at radius 2 is 1.93 bits per heavy atom. The molecule has 0 aliphatic heterocycles. The number of hydrogen-bond donors (Lipinski definition) is 2. The number of nitrogens with two attached hydrogens (primary N) is 1. The molecule has 0 saturated heterocycles. The minimum Gasteiger partial charge on any atom is -0.399 e.